The largest absolute Gasteiger partial charge is 0.370 e. The van der Waals surface area contributed by atoms with E-state index in [4.69, 9.17) is 0 Å². The van der Waals surface area contributed by atoms with Crippen LogP contribution >= 0.6 is 0 Å². The fourth-order valence-electron chi connectivity index (χ4n) is 1.27. The fourth-order valence-corrected chi connectivity index (χ4v) is 1.27. The van der Waals surface area contributed by atoms with Gasteiger partial charge in [-0.05, 0) is 31.7 Å². The van der Waals surface area contributed by atoms with Gasteiger partial charge in [0.05, 0.1) is 0 Å². The van der Waals surface area contributed by atoms with Gasteiger partial charge >= 0.3 is 0 Å². The Morgan fingerprint density at radius 3 is 3.00 bits per heavy atom. The summed E-state index contributed by atoms with van der Waals surface area (Å²) in [5.74, 6) is 2.49. The molecule has 0 unspecified atom stereocenters. The summed E-state index contributed by atoms with van der Waals surface area (Å²) in [5.41, 5.74) is 0. The zero-order valence-electron chi connectivity index (χ0n) is 8.45. The molecule has 0 aromatic carbocycles. The van der Waals surface area contributed by atoms with Crippen molar-refractivity contribution in [3.05, 3.63) is 12.3 Å². The SMILES string of the molecule is CCNc1nccc(NCC2CC2)n1. The van der Waals surface area contributed by atoms with Crippen LogP contribution in [0.5, 0.6) is 0 Å². The Morgan fingerprint density at radius 2 is 2.29 bits per heavy atom. The second kappa shape index (κ2) is 4.26. The molecule has 0 bridgehead atoms. The summed E-state index contributed by atoms with van der Waals surface area (Å²) in [6, 6.07) is 1.91. The van der Waals surface area contributed by atoms with Crippen molar-refractivity contribution >= 4 is 11.8 Å². The summed E-state index contributed by atoms with van der Waals surface area (Å²) in [5, 5.41) is 6.40. The lowest BCUT2D eigenvalue weighted by Gasteiger charge is -2.06. The first kappa shape index (κ1) is 9.24. The van der Waals surface area contributed by atoms with E-state index in [9.17, 15) is 0 Å². The molecule has 0 aliphatic heterocycles. The molecule has 4 nitrogen and oxygen atoms in total. The molecule has 0 atom stereocenters. The van der Waals surface area contributed by atoms with Gasteiger partial charge in [0.25, 0.3) is 0 Å². The van der Waals surface area contributed by atoms with Gasteiger partial charge in [0.2, 0.25) is 5.95 Å². The van der Waals surface area contributed by atoms with Crippen LogP contribution in [0.2, 0.25) is 0 Å². The fraction of sp³-hybridized carbons (Fsp3) is 0.600. The predicted molar refractivity (Wildman–Crippen MR) is 57.4 cm³/mol. The average Bonchev–Trinajstić information content (AvgIpc) is 2.99. The van der Waals surface area contributed by atoms with E-state index in [-0.39, 0.29) is 0 Å². The number of aromatic nitrogens is 2. The maximum Gasteiger partial charge on any atom is 0.224 e. The zero-order chi connectivity index (χ0) is 9.80. The molecular weight excluding hydrogens is 176 g/mol. The van der Waals surface area contributed by atoms with Crippen molar-refractivity contribution in [2.75, 3.05) is 23.7 Å². The molecule has 1 aromatic rings. The zero-order valence-corrected chi connectivity index (χ0v) is 8.45. The summed E-state index contributed by atoms with van der Waals surface area (Å²) < 4.78 is 0. The molecule has 2 N–H and O–H groups in total. The molecule has 1 aromatic heterocycles. The number of nitrogens with zero attached hydrogens (tertiary/aromatic N) is 2. The lowest BCUT2D eigenvalue weighted by Crippen LogP contribution is -2.07. The molecule has 2 rings (SSSR count). The lowest BCUT2D eigenvalue weighted by atomic mass is 10.4. The van der Waals surface area contributed by atoms with Crippen molar-refractivity contribution in [3.8, 4) is 0 Å². The van der Waals surface area contributed by atoms with Gasteiger partial charge in [-0.3, -0.25) is 0 Å². The second-order valence-corrected chi connectivity index (χ2v) is 3.62. The molecule has 1 aliphatic carbocycles. The van der Waals surface area contributed by atoms with Crippen molar-refractivity contribution in [3.63, 3.8) is 0 Å². The first-order valence-electron chi connectivity index (χ1n) is 5.19. The van der Waals surface area contributed by atoms with Gasteiger partial charge in [-0.25, -0.2) is 4.98 Å². The summed E-state index contributed by atoms with van der Waals surface area (Å²) in [7, 11) is 0. The van der Waals surface area contributed by atoms with Crippen LogP contribution in [0.4, 0.5) is 11.8 Å². The minimum atomic E-state index is 0.702. The van der Waals surface area contributed by atoms with E-state index in [1.54, 1.807) is 6.20 Å². The van der Waals surface area contributed by atoms with Crippen LogP contribution in [0.3, 0.4) is 0 Å². The van der Waals surface area contributed by atoms with Crippen LogP contribution < -0.4 is 10.6 Å². The van der Waals surface area contributed by atoms with Crippen LogP contribution in [0.15, 0.2) is 12.3 Å². The van der Waals surface area contributed by atoms with E-state index in [0.29, 0.717) is 5.95 Å². The van der Waals surface area contributed by atoms with Gasteiger partial charge in [0, 0.05) is 19.3 Å². The Balaban J connectivity index is 1.90. The summed E-state index contributed by atoms with van der Waals surface area (Å²) >= 11 is 0. The van der Waals surface area contributed by atoms with E-state index >= 15 is 0 Å². The topological polar surface area (TPSA) is 49.8 Å². The van der Waals surface area contributed by atoms with Crippen molar-refractivity contribution in [2.45, 2.75) is 19.8 Å². The Morgan fingerprint density at radius 1 is 1.43 bits per heavy atom. The molecule has 76 valence electrons. The monoisotopic (exact) mass is 192 g/mol. The van der Waals surface area contributed by atoms with Crippen molar-refractivity contribution in [1.82, 2.24) is 9.97 Å². The van der Waals surface area contributed by atoms with Crippen molar-refractivity contribution < 1.29 is 0 Å². The average molecular weight is 192 g/mol. The maximum atomic E-state index is 4.33. The number of nitrogens with one attached hydrogen (secondary N) is 2. The first-order valence-corrected chi connectivity index (χ1v) is 5.19. The Hall–Kier alpha value is -1.32. The normalized spacial score (nSPS) is 15.2. The van der Waals surface area contributed by atoms with Gasteiger partial charge in [-0.15, -0.1) is 0 Å². The second-order valence-electron chi connectivity index (χ2n) is 3.62. The molecule has 4 heteroatoms. The molecular formula is C10H16N4. The molecule has 1 heterocycles. The van der Waals surface area contributed by atoms with Crippen molar-refractivity contribution in [2.24, 2.45) is 5.92 Å². The number of hydrogen-bond acceptors (Lipinski definition) is 4. The van der Waals surface area contributed by atoms with Gasteiger partial charge in [-0.1, -0.05) is 0 Å². The molecule has 14 heavy (non-hydrogen) atoms. The smallest absolute Gasteiger partial charge is 0.224 e. The molecule has 1 aliphatic rings. The molecule has 1 fully saturated rings. The third kappa shape index (κ3) is 2.58. The minimum absolute atomic E-state index is 0.702. The van der Waals surface area contributed by atoms with Crippen molar-refractivity contribution in [1.29, 1.82) is 0 Å². The summed E-state index contributed by atoms with van der Waals surface area (Å²) in [4.78, 5) is 8.44. The van der Waals surface area contributed by atoms with Gasteiger partial charge in [-0.2, -0.15) is 4.98 Å². The van der Waals surface area contributed by atoms with Crippen LogP contribution in [-0.4, -0.2) is 23.1 Å². The molecule has 0 saturated heterocycles. The van der Waals surface area contributed by atoms with Gasteiger partial charge in [0.15, 0.2) is 0 Å². The van der Waals surface area contributed by atoms with Crippen LogP contribution in [0.25, 0.3) is 0 Å². The quantitative estimate of drug-likeness (QED) is 0.746. The Bertz CT molecular complexity index is 296. The van der Waals surface area contributed by atoms with Crippen LogP contribution in [-0.2, 0) is 0 Å². The number of anilines is 2. The summed E-state index contributed by atoms with van der Waals surface area (Å²) in [6.07, 6.45) is 4.50. The van der Waals surface area contributed by atoms with Gasteiger partial charge in [0.1, 0.15) is 5.82 Å². The third-order valence-electron chi connectivity index (χ3n) is 2.26. The minimum Gasteiger partial charge on any atom is -0.370 e. The van der Waals surface area contributed by atoms with E-state index in [0.717, 1.165) is 24.8 Å². The Kier molecular flexibility index (Phi) is 2.81. The number of hydrogen-bond donors (Lipinski definition) is 2. The highest BCUT2D eigenvalue weighted by Crippen LogP contribution is 2.28. The third-order valence-corrected chi connectivity index (χ3v) is 2.26. The standard InChI is InChI=1S/C10H16N4/c1-2-11-10-12-6-5-9(14-10)13-7-8-3-4-8/h5-6,8H,2-4,7H2,1H3,(H2,11,12,13,14). The molecule has 1 saturated carbocycles. The van der Waals surface area contributed by atoms with Crippen LogP contribution in [0, 0.1) is 5.92 Å². The maximum absolute atomic E-state index is 4.33. The lowest BCUT2D eigenvalue weighted by molar-refractivity contribution is 0.881. The Labute approximate surface area is 84.2 Å². The van der Waals surface area contributed by atoms with E-state index in [1.165, 1.54) is 12.8 Å². The van der Waals surface area contributed by atoms with Crippen LogP contribution in [0.1, 0.15) is 19.8 Å². The molecule has 0 radical (unpaired) electrons. The highest BCUT2D eigenvalue weighted by atomic mass is 15.1. The highest BCUT2D eigenvalue weighted by molar-refractivity contribution is 5.39. The van der Waals surface area contributed by atoms with E-state index in [1.807, 2.05) is 13.0 Å². The van der Waals surface area contributed by atoms with E-state index in [2.05, 4.69) is 20.6 Å². The summed E-state index contributed by atoms with van der Waals surface area (Å²) in [6.45, 7) is 3.93. The van der Waals surface area contributed by atoms with Gasteiger partial charge < -0.3 is 10.6 Å². The number of rotatable bonds is 5. The molecule has 0 amide bonds. The predicted octanol–water partition coefficient (Wildman–Crippen LogP) is 1.73. The molecule has 0 spiro atoms. The first-order chi connectivity index (χ1) is 6.88. The highest BCUT2D eigenvalue weighted by Gasteiger charge is 2.20. The van der Waals surface area contributed by atoms with E-state index < -0.39 is 0 Å².